The number of carbonyl (C=O) groups excluding carboxylic acids is 2. The average Bonchev–Trinajstić information content (AvgIpc) is 2.76. The molecule has 0 heterocycles. The van der Waals surface area contributed by atoms with Gasteiger partial charge in [0.05, 0.1) is 34.1 Å². The smallest absolute Gasteiger partial charge is 0.306 e. The fraction of sp³-hybridized carbons (Fsp3) is 0.364. The molecule has 0 saturated heterocycles. The zero-order valence-electron chi connectivity index (χ0n) is 17.8. The second-order valence-electron chi connectivity index (χ2n) is 6.36. The molecule has 8 heteroatoms. The predicted octanol–water partition coefficient (Wildman–Crippen LogP) is 3.22. The third-order valence-electron chi connectivity index (χ3n) is 4.38. The summed E-state index contributed by atoms with van der Waals surface area (Å²) >= 11 is 0. The molecule has 1 N–H and O–H groups in total. The second-order valence-corrected chi connectivity index (χ2v) is 6.36. The van der Waals surface area contributed by atoms with E-state index in [1.807, 2.05) is 0 Å². The van der Waals surface area contributed by atoms with E-state index in [4.69, 9.17) is 23.7 Å². The van der Waals surface area contributed by atoms with Gasteiger partial charge in [0.1, 0.15) is 5.75 Å². The van der Waals surface area contributed by atoms with Crippen LogP contribution in [0.25, 0.3) is 0 Å². The lowest BCUT2D eigenvalue weighted by atomic mass is 10.1. The van der Waals surface area contributed by atoms with Crippen LogP contribution in [0.5, 0.6) is 23.0 Å². The Morgan fingerprint density at radius 3 is 2.07 bits per heavy atom. The number of ether oxygens (including phenoxy) is 5. The molecule has 0 aliphatic carbocycles. The third kappa shape index (κ3) is 5.79. The SMILES string of the molecule is COc1ccccc1NC(=O)[C@@H](C)OC(=O)CCc1cc(OC)c(OC)c(OC)c1. The molecule has 0 bridgehead atoms. The Labute approximate surface area is 176 Å². The van der Waals surface area contributed by atoms with Gasteiger partial charge < -0.3 is 29.0 Å². The van der Waals surface area contributed by atoms with E-state index >= 15 is 0 Å². The maximum absolute atomic E-state index is 12.3. The molecule has 2 aromatic carbocycles. The molecule has 0 saturated carbocycles. The minimum atomic E-state index is -0.956. The summed E-state index contributed by atoms with van der Waals surface area (Å²) in [6.07, 6.45) is -0.483. The van der Waals surface area contributed by atoms with Gasteiger partial charge in [-0.3, -0.25) is 9.59 Å². The summed E-state index contributed by atoms with van der Waals surface area (Å²) in [5.41, 5.74) is 1.32. The first kappa shape index (κ1) is 22.9. The van der Waals surface area contributed by atoms with Crippen LogP contribution in [-0.4, -0.2) is 46.4 Å². The molecule has 0 fully saturated rings. The standard InChI is InChI=1S/C22H27NO7/c1-14(22(25)23-16-8-6-7-9-17(16)26-2)30-20(24)11-10-15-12-18(27-3)21(29-5)19(13-15)28-4/h6-9,12-14H,10-11H2,1-5H3,(H,23,25)/t14-/m1/s1. The Hall–Kier alpha value is -3.42. The van der Waals surface area contributed by atoms with E-state index in [1.54, 1.807) is 36.4 Å². The fourth-order valence-electron chi connectivity index (χ4n) is 2.82. The monoisotopic (exact) mass is 417 g/mol. The molecule has 8 nitrogen and oxygen atoms in total. The Morgan fingerprint density at radius 1 is 0.900 bits per heavy atom. The van der Waals surface area contributed by atoms with Crippen LogP contribution in [0.3, 0.4) is 0 Å². The molecule has 0 aliphatic rings. The Kier molecular flexibility index (Phi) is 8.34. The highest BCUT2D eigenvalue weighted by Gasteiger charge is 2.20. The molecule has 30 heavy (non-hydrogen) atoms. The summed E-state index contributed by atoms with van der Waals surface area (Å²) in [5, 5.41) is 2.70. The number of anilines is 1. The minimum absolute atomic E-state index is 0.0882. The molecule has 0 aromatic heterocycles. The third-order valence-corrected chi connectivity index (χ3v) is 4.38. The molecule has 0 spiro atoms. The first-order chi connectivity index (χ1) is 14.4. The van der Waals surface area contributed by atoms with E-state index in [2.05, 4.69) is 5.32 Å². The molecule has 2 aromatic rings. The number of amides is 1. The number of hydrogen-bond acceptors (Lipinski definition) is 7. The molecule has 0 aliphatic heterocycles. The van der Waals surface area contributed by atoms with Gasteiger partial charge in [0.2, 0.25) is 5.75 Å². The highest BCUT2D eigenvalue weighted by Crippen LogP contribution is 2.38. The highest BCUT2D eigenvalue weighted by molar-refractivity contribution is 5.96. The summed E-state index contributed by atoms with van der Waals surface area (Å²) in [6, 6.07) is 10.5. The van der Waals surface area contributed by atoms with Gasteiger partial charge in [-0.05, 0) is 43.2 Å². The number of para-hydroxylation sites is 2. The minimum Gasteiger partial charge on any atom is -0.495 e. The van der Waals surface area contributed by atoms with E-state index in [1.165, 1.54) is 35.4 Å². The van der Waals surface area contributed by atoms with Gasteiger partial charge in [-0.2, -0.15) is 0 Å². The van der Waals surface area contributed by atoms with Crippen LogP contribution in [0.1, 0.15) is 18.9 Å². The van der Waals surface area contributed by atoms with Crippen LogP contribution < -0.4 is 24.3 Å². The van der Waals surface area contributed by atoms with Gasteiger partial charge in [-0.1, -0.05) is 12.1 Å². The van der Waals surface area contributed by atoms with Gasteiger partial charge in [0.15, 0.2) is 17.6 Å². The summed E-state index contributed by atoms with van der Waals surface area (Å²) in [4.78, 5) is 24.6. The Bertz CT molecular complexity index is 857. The Balaban J connectivity index is 1.94. The van der Waals surface area contributed by atoms with E-state index in [0.29, 0.717) is 35.1 Å². The van der Waals surface area contributed by atoms with Gasteiger partial charge in [0.25, 0.3) is 5.91 Å². The van der Waals surface area contributed by atoms with E-state index < -0.39 is 18.0 Å². The molecule has 0 unspecified atom stereocenters. The fourth-order valence-corrected chi connectivity index (χ4v) is 2.82. The van der Waals surface area contributed by atoms with Crippen LogP contribution in [0.4, 0.5) is 5.69 Å². The molecule has 1 atom stereocenters. The van der Waals surface area contributed by atoms with Crippen LogP contribution in [-0.2, 0) is 20.7 Å². The van der Waals surface area contributed by atoms with Crippen molar-refractivity contribution in [1.29, 1.82) is 0 Å². The molecule has 1 amide bonds. The van der Waals surface area contributed by atoms with Crippen molar-refractivity contribution in [2.24, 2.45) is 0 Å². The van der Waals surface area contributed by atoms with Crippen molar-refractivity contribution >= 4 is 17.6 Å². The highest BCUT2D eigenvalue weighted by atomic mass is 16.5. The summed E-state index contributed by atoms with van der Waals surface area (Å²) < 4.78 is 26.4. The maximum atomic E-state index is 12.3. The predicted molar refractivity (Wildman–Crippen MR) is 112 cm³/mol. The van der Waals surface area contributed by atoms with Crippen molar-refractivity contribution in [2.75, 3.05) is 33.8 Å². The van der Waals surface area contributed by atoms with E-state index in [0.717, 1.165) is 5.56 Å². The molecule has 0 radical (unpaired) electrons. The summed E-state index contributed by atoms with van der Waals surface area (Å²) in [6.45, 7) is 1.52. The molecule has 2 rings (SSSR count). The van der Waals surface area contributed by atoms with Crippen molar-refractivity contribution < 1.29 is 33.3 Å². The van der Waals surface area contributed by atoms with Crippen molar-refractivity contribution in [3.05, 3.63) is 42.0 Å². The van der Waals surface area contributed by atoms with E-state index in [9.17, 15) is 9.59 Å². The quantitative estimate of drug-likeness (QED) is 0.594. The number of benzene rings is 2. The van der Waals surface area contributed by atoms with Crippen molar-refractivity contribution in [2.45, 2.75) is 25.9 Å². The molecule has 162 valence electrons. The van der Waals surface area contributed by atoms with E-state index in [-0.39, 0.29) is 6.42 Å². The molecular formula is C22H27NO7. The molecular weight excluding hydrogens is 390 g/mol. The first-order valence-corrected chi connectivity index (χ1v) is 9.35. The number of hydrogen-bond donors (Lipinski definition) is 1. The largest absolute Gasteiger partial charge is 0.495 e. The normalized spacial score (nSPS) is 11.2. The lowest BCUT2D eigenvalue weighted by Crippen LogP contribution is -2.30. The Morgan fingerprint density at radius 2 is 1.50 bits per heavy atom. The van der Waals surface area contributed by atoms with Crippen LogP contribution in [0, 0.1) is 0 Å². The van der Waals surface area contributed by atoms with Crippen molar-refractivity contribution in [1.82, 2.24) is 0 Å². The second kappa shape index (κ2) is 10.9. The van der Waals surface area contributed by atoms with Gasteiger partial charge in [-0.25, -0.2) is 0 Å². The average molecular weight is 417 g/mol. The lowest BCUT2D eigenvalue weighted by molar-refractivity contribution is -0.153. The number of methoxy groups -OCH3 is 4. The van der Waals surface area contributed by atoms with Gasteiger partial charge in [0, 0.05) is 6.42 Å². The maximum Gasteiger partial charge on any atom is 0.306 e. The van der Waals surface area contributed by atoms with Crippen molar-refractivity contribution in [3.63, 3.8) is 0 Å². The van der Waals surface area contributed by atoms with Crippen molar-refractivity contribution in [3.8, 4) is 23.0 Å². The lowest BCUT2D eigenvalue weighted by Gasteiger charge is -2.16. The van der Waals surface area contributed by atoms with Crippen LogP contribution >= 0.6 is 0 Å². The zero-order chi connectivity index (χ0) is 22.1. The van der Waals surface area contributed by atoms with Gasteiger partial charge >= 0.3 is 5.97 Å². The number of carbonyl (C=O) groups is 2. The summed E-state index contributed by atoms with van der Waals surface area (Å²) in [7, 11) is 6.08. The number of aryl methyl sites for hydroxylation is 1. The van der Waals surface area contributed by atoms with Gasteiger partial charge in [-0.15, -0.1) is 0 Å². The number of nitrogens with one attached hydrogen (secondary N) is 1. The van der Waals surface area contributed by atoms with Crippen LogP contribution in [0.15, 0.2) is 36.4 Å². The summed E-state index contributed by atoms with van der Waals surface area (Å²) in [5.74, 6) is 1.07. The zero-order valence-corrected chi connectivity index (χ0v) is 17.8. The number of rotatable bonds is 10. The topological polar surface area (TPSA) is 92.3 Å². The van der Waals surface area contributed by atoms with Crippen LogP contribution in [0.2, 0.25) is 0 Å². The first-order valence-electron chi connectivity index (χ1n) is 9.35. The number of esters is 1.